The number of rotatable bonds is 8. The van der Waals surface area contributed by atoms with Crippen molar-refractivity contribution in [1.82, 2.24) is 9.84 Å². The normalized spacial score (nSPS) is 25.9. The smallest absolute Gasteiger partial charge is 0.248 e. The molecule has 0 aromatic heterocycles. The van der Waals surface area contributed by atoms with Crippen LogP contribution in [0.2, 0.25) is 0 Å². The van der Waals surface area contributed by atoms with Crippen LogP contribution in [0.25, 0.3) is 0 Å². The van der Waals surface area contributed by atoms with E-state index in [-0.39, 0.29) is 12.7 Å². The molecule has 3 unspecified atom stereocenters. The average molecular weight is 389 g/mol. The molecular formula is C19H23N3O4S. The van der Waals surface area contributed by atoms with Crippen LogP contribution in [0.15, 0.2) is 65.7 Å². The molecule has 8 heteroatoms. The Morgan fingerprint density at radius 3 is 2.81 bits per heavy atom. The maximum absolute atomic E-state index is 11.6. The molecule has 0 spiro atoms. The molecule has 0 saturated heterocycles. The predicted molar refractivity (Wildman–Crippen MR) is 104 cm³/mol. The van der Waals surface area contributed by atoms with Crippen LogP contribution in [0, 0.1) is 0 Å². The van der Waals surface area contributed by atoms with Crippen LogP contribution in [0.1, 0.15) is 18.1 Å². The fourth-order valence-corrected chi connectivity index (χ4v) is 3.83. The molecule has 4 N–H and O–H groups in total. The van der Waals surface area contributed by atoms with E-state index in [1.165, 1.54) is 11.9 Å². The van der Waals surface area contributed by atoms with Gasteiger partial charge in [-0.25, -0.2) is 0 Å². The summed E-state index contributed by atoms with van der Waals surface area (Å²) in [5.41, 5.74) is 8.80. The summed E-state index contributed by atoms with van der Waals surface area (Å²) in [4.78, 5) is 11.6. The summed E-state index contributed by atoms with van der Waals surface area (Å²) in [5, 5.41) is 11.4. The zero-order valence-electron chi connectivity index (χ0n) is 14.9. The lowest BCUT2D eigenvalue weighted by Gasteiger charge is -2.45. The Labute approximate surface area is 162 Å². The van der Waals surface area contributed by atoms with E-state index in [1.54, 1.807) is 36.0 Å². The molecule has 1 aliphatic carbocycles. The quantitative estimate of drug-likeness (QED) is 0.583. The van der Waals surface area contributed by atoms with E-state index in [1.807, 2.05) is 35.7 Å². The molecule has 0 bridgehead atoms. The summed E-state index contributed by atoms with van der Waals surface area (Å²) in [7, 11) is 1.55. The van der Waals surface area contributed by atoms with Crippen molar-refractivity contribution in [3.05, 3.63) is 71.3 Å². The Kier molecular flexibility index (Phi) is 6.35. The number of carbonyl (C=O) groups is 1. The molecule has 3 rings (SSSR count). The number of methoxy groups -OCH3 is 1. The van der Waals surface area contributed by atoms with Crippen molar-refractivity contribution >= 4 is 17.9 Å². The number of nitrogens with one attached hydrogen (secondary N) is 1. The lowest BCUT2D eigenvalue weighted by atomic mass is 9.95. The molecule has 27 heavy (non-hydrogen) atoms. The number of primary amides is 1. The summed E-state index contributed by atoms with van der Waals surface area (Å²) in [6.07, 6.45) is 6.27. The summed E-state index contributed by atoms with van der Waals surface area (Å²) in [6, 6.07) is 9.69. The molecule has 144 valence electrons. The second kappa shape index (κ2) is 8.73. The molecule has 1 aromatic carbocycles. The van der Waals surface area contributed by atoms with Crippen LogP contribution in [0.3, 0.4) is 0 Å². The van der Waals surface area contributed by atoms with Gasteiger partial charge < -0.3 is 25.7 Å². The lowest BCUT2D eigenvalue weighted by Crippen LogP contribution is -2.58. The summed E-state index contributed by atoms with van der Waals surface area (Å²) >= 11 is 1.41. The lowest BCUT2D eigenvalue weighted by molar-refractivity contribution is -0.187. The van der Waals surface area contributed by atoms with Crippen LogP contribution >= 0.6 is 11.9 Å². The van der Waals surface area contributed by atoms with E-state index in [0.717, 1.165) is 5.56 Å². The first-order valence-electron chi connectivity index (χ1n) is 8.56. The number of nitrogens with zero attached hydrogens (tertiary/aromatic N) is 1. The third-order valence-electron chi connectivity index (χ3n) is 4.42. The number of hydrogen-bond donors (Lipinski definition) is 3. The number of hydrogen-bond acceptors (Lipinski definition) is 7. The second-order valence-corrected chi connectivity index (χ2v) is 6.94. The Bertz CT molecular complexity index is 745. The van der Waals surface area contributed by atoms with Crippen molar-refractivity contribution in [3.8, 4) is 0 Å². The number of hydrazine groups is 1. The first-order chi connectivity index (χ1) is 13.1. The van der Waals surface area contributed by atoms with Gasteiger partial charge in [-0.3, -0.25) is 4.79 Å². The first-order valence-corrected chi connectivity index (χ1v) is 9.40. The molecule has 1 aliphatic heterocycles. The monoisotopic (exact) mass is 389 g/mol. The highest BCUT2D eigenvalue weighted by Crippen LogP contribution is 2.40. The van der Waals surface area contributed by atoms with Gasteiger partial charge >= 0.3 is 0 Å². The van der Waals surface area contributed by atoms with Crippen molar-refractivity contribution in [1.29, 1.82) is 0 Å². The summed E-state index contributed by atoms with van der Waals surface area (Å²) in [5.74, 6) is -0.531. The number of carbonyl (C=O) groups excluding carboxylic acids is 1. The van der Waals surface area contributed by atoms with Crippen LogP contribution in [0.5, 0.6) is 0 Å². The van der Waals surface area contributed by atoms with E-state index < -0.39 is 17.7 Å². The highest BCUT2D eigenvalue weighted by Gasteiger charge is 2.48. The van der Waals surface area contributed by atoms with Crippen LogP contribution in [-0.4, -0.2) is 41.0 Å². The van der Waals surface area contributed by atoms with Crippen molar-refractivity contribution in [3.63, 3.8) is 0 Å². The molecule has 3 atom stereocenters. The zero-order chi connectivity index (χ0) is 19.3. The van der Waals surface area contributed by atoms with E-state index in [0.29, 0.717) is 12.0 Å². The molecule has 1 aromatic rings. The molecular weight excluding hydrogens is 366 g/mol. The van der Waals surface area contributed by atoms with Crippen molar-refractivity contribution in [2.75, 3.05) is 13.7 Å². The predicted octanol–water partition coefficient (Wildman–Crippen LogP) is 1.76. The third kappa shape index (κ3) is 4.10. The minimum absolute atomic E-state index is 0.0296. The Morgan fingerprint density at radius 2 is 2.22 bits per heavy atom. The highest BCUT2D eigenvalue weighted by molar-refractivity contribution is 8.00. The Morgan fingerprint density at radius 1 is 1.44 bits per heavy atom. The van der Waals surface area contributed by atoms with Crippen molar-refractivity contribution < 1.29 is 19.4 Å². The van der Waals surface area contributed by atoms with Gasteiger partial charge in [0.1, 0.15) is 6.10 Å². The molecule has 7 nitrogen and oxygen atoms in total. The number of amides is 1. The summed E-state index contributed by atoms with van der Waals surface area (Å²) in [6.45, 7) is -0.0296. The molecule has 0 fully saturated rings. The highest BCUT2D eigenvalue weighted by atomic mass is 32.2. The van der Waals surface area contributed by atoms with E-state index in [2.05, 4.69) is 5.43 Å². The van der Waals surface area contributed by atoms with E-state index in [4.69, 9.17) is 15.2 Å². The van der Waals surface area contributed by atoms with E-state index in [9.17, 15) is 9.90 Å². The third-order valence-corrected chi connectivity index (χ3v) is 5.28. The minimum Gasteiger partial charge on any atom is -0.396 e. The fourth-order valence-electron chi connectivity index (χ4n) is 3.09. The minimum atomic E-state index is -1.06. The second-order valence-electron chi connectivity index (χ2n) is 6.09. The molecule has 0 radical (unpaired) electrons. The number of aliphatic hydroxyl groups excluding tert-OH is 1. The first kappa shape index (κ1) is 19.7. The van der Waals surface area contributed by atoms with Gasteiger partial charge in [0.05, 0.1) is 6.10 Å². The topological polar surface area (TPSA) is 97.0 Å². The number of ether oxygens (including phenoxy) is 2. The fraction of sp³-hybridized carbons (Fsp3) is 0.316. The van der Waals surface area contributed by atoms with Gasteiger partial charge in [0, 0.05) is 37.3 Å². The van der Waals surface area contributed by atoms with Crippen molar-refractivity contribution in [2.24, 2.45) is 5.73 Å². The molecule has 2 aliphatic rings. The number of nitrogens with two attached hydrogens (primary N) is 1. The maximum atomic E-state index is 11.6. The van der Waals surface area contributed by atoms with Gasteiger partial charge in [-0.05, 0) is 35.7 Å². The zero-order valence-corrected chi connectivity index (χ0v) is 15.8. The van der Waals surface area contributed by atoms with Gasteiger partial charge in [0.2, 0.25) is 5.91 Å². The van der Waals surface area contributed by atoms with Gasteiger partial charge in [-0.15, -0.1) is 4.41 Å². The summed E-state index contributed by atoms with van der Waals surface area (Å²) < 4.78 is 14.0. The van der Waals surface area contributed by atoms with Gasteiger partial charge in [0.25, 0.3) is 0 Å². The SMILES string of the molecule is COC1C=C(C(N)=O)C=CC1(OC(CCO)c1ccccc1)N1NC=CS1. The average Bonchev–Trinajstić information content (AvgIpc) is 3.23. The van der Waals surface area contributed by atoms with Crippen LogP contribution in [0.4, 0.5) is 0 Å². The standard InChI is InChI=1S/C19H23N3O4S/c1-25-17-13-15(18(20)24)7-9-19(17,22-21-10-12-27-22)26-16(8-11-23)14-5-3-2-4-6-14/h2-7,9-10,12-13,16-17,21,23H,8,11H2,1H3,(H2,20,24). The molecule has 1 amide bonds. The van der Waals surface area contributed by atoms with Crippen LogP contribution in [-0.2, 0) is 14.3 Å². The van der Waals surface area contributed by atoms with Gasteiger partial charge in [-0.1, -0.05) is 30.3 Å². The maximum Gasteiger partial charge on any atom is 0.248 e. The van der Waals surface area contributed by atoms with Gasteiger partial charge in [0.15, 0.2) is 5.72 Å². The Hall–Kier alpha value is -2.10. The number of aliphatic hydroxyl groups is 1. The van der Waals surface area contributed by atoms with E-state index >= 15 is 0 Å². The largest absolute Gasteiger partial charge is 0.396 e. The van der Waals surface area contributed by atoms with Crippen molar-refractivity contribution in [2.45, 2.75) is 24.4 Å². The van der Waals surface area contributed by atoms with Gasteiger partial charge in [-0.2, -0.15) is 0 Å². The molecule has 1 heterocycles. The number of benzene rings is 1. The Balaban J connectivity index is 1.98. The molecule has 0 saturated carbocycles. The van der Waals surface area contributed by atoms with Crippen LogP contribution < -0.4 is 11.2 Å².